The van der Waals surface area contributed by atoms with Gasteiger partial charge in [0.15, 0.2) is 6.29 Å². The van der Waals surface area contributed by atoms with E-state index in [9.17, 15) is 5.11 Å². The molecule has 2 heteroatoms. The van der Waals surface area contributed by atoms with Gasteiger partial charge in [-0.3, -0.25) is 0 Å². The lowest BCUT2D eigenvalue weighted by Gasteiger charge is -2.12. The fourth-order valence-corrected chi connectivity index (χ4v) is 1.37. The average Bonchev–Trinajstić information content (AvgIpc) is 1.93. The molecule has 0 amide bonds. The lowest BCUT2D eigenvalue weighted by Crippen LogP contribution is -2.16. The van der Waals surface area contributed by atoms with Crippen LogP contribution in [0.4, 0.5) is 0 Å². The van der Waals surface area contributed by atoms with Crippen molar-refractivity contribution in [2.24, 2.45) is 5.92 Å². The van der Waals surface area contributed by atoms with Gasteiger partial charge >= 0.3 is 0 Å². The van der Waals surface area contributed by atoms with E-state index in [0.717, 1.165) is 12.8 Å². The molecule has 0 spiro atoms. The van der Waals surface area contributed by atoms with Crippen LogP contribution in [0.5, 0.6) is 0 Å². The fourth-order valence-electron chi connectivity index (χ4n) is 1.37. The highest BCUT2D eigenvalue weighted by Crippen LogP contribution is 2.21. The van der Waals surface area contributed by atoms with E-state index >= 15 is 0 Å². The first-order valence-electron chi connectivity index (χ1n) is 4.02. The Morgan fingerprint density at radius 3 is 2.70 bits per heavy atom. The van der Waals surface area contributed by atoms with Crippen molar-refractivity contribution in [3.63, 3.8) is 0 Å². The van der Waals surface area contributed by atoms with Crippen molar-refractivity contribution >= 4 is 0 Å². The summed E-state index contributed by atoms with van der Waals surface area (Å²) >= 11 is 0. The molecule has 10 heavy (non-hydrogen) atoms. The minimum absolute atomic E-state index is 0.236. The van der Waals surface area contributed by atoms with Crippen molar-refractivity contribution in [2.75, 3.05) is 0 Å². The summed E-state index contributed by atoms with van der Waals surface area (Å²) in [6.45, 7) is 4.17. The molecule has 1 N–H and O–H groups in total. The highest BCUT2D eigenvalue weighted by atomic mass is 16.6. The van der Waals surface area contributed by atoms with Crippen LogP contribution < -0.4 is 0 Å². The predicted molar refractivity (Wildman–Crippen MR) is 39.6 cm³/mol. The van der Waals surface area contributed by atoms with E-state index in [1.54, 1.807) is 0 Å². The second kappa shape index (κ2) is 3.35. The van der Waals surface area contributed by atoms with Crippen molar-refractivity contribution in [2.45, 2.75) is 45.5 Å². The van der Waals surface area contributed by atoms with Crippen LogP contribution in [-0.4, -0.2) is 17.5 Å². The Hall–Kier alpha value is -0.0800. The number of aliphatic hydroxyl groups is 1. The molecule has 0 aliphatic carbocycles. The Morgan fingerprint density at radius 1 is 1.30 bits per heavy atom. The van der Waals surface area contributed by atoms with Crippen LogP contribution in [0.25, 0.3) is 0 Å². The summed E-state index contributed by atoms with van der Waals surface area (Å²) in [5, 5.41) is 9.21. The van der Waals surface area contributed by atoms with E-state index in [0.29, 0.717) is 5.92 Å². The number of rotatable bonds is 0. The van der Waals surface area contributed by atoms with E-state index < -0.39 is 6.29 Å². The van der Waals surface area contributed by atoms with Gasteiger partial charge < -0.3 is 9.84 Å². The molecule has 0 saturated carbocycles. The maximum Gasteiger partial charge on any atom is 0.155 e. The lowest BCUT2D eigenvalue weighted by molar-refractivity contribution is -0.129. The molecule has 1 saturated heterocycles. The largest absolute Gasteiger partial charge is 0.368 e. The van der Waals surface area contributed by atoms with E-state index in [1.807, 2.05) is 6.92 Å². The van der Waals surface area contributed by atoms with Crippen LogP contribution in [-0.2, 0) is 4.74 Å². The molecule has 0 aromatic heterocycles. The molecule has 1 rings (SSSR count). The highest BCUT2D eigenvalue weighted by molar-refractivity contribution is 4.64. The monoisotopic (exact) mass is 144 g/mol. The van der Waals surface area contributed by atoms with Gasteiger partial charge in [0.25, 0.3) is 0 Å². The second-order valence-electron chi connectivity index (χ2n) is 3.32. The standard InChI is InChI=1S/C8H16O2/c1-6-3-4-7(2)10-8(9)5-6/h6-9H,3-5H2,1-2H3/t6-,7+,8+/m0/s1. The fraction of sp³-hybridized carbons (Fsp3) is 1.00. The summed E-state index contributed by atoms with van der Waals surface area (Å²) < 4.78 is 5.24. The first-order valence-corrected chi connectivity index (χ1v) is 4.02. The second-order valence-corrected chi connectivity index (χ2v) is 3.32. The first-order chi connectivity index (χ1) is 4.68. The third kappa shape index (κ3) is 2.27. The quantitative estimate of drug-likeness (QED) is 0.558. The SMILES string of the molecule is C[C@H]1CC[C@@H](C)O[C@@H](O)C1. The molecule has 1 fully saturated rings. The zero-order chi connectivity index (χ0) is 7.56. The van der Waals surface area contributed by atoms with Gasteiger partial charge in [0, 0.05) is 6.42 Å². The minimum atomic E-state index is -0.521. The van der Waals surface area contributed by atoms with Gasteiger partial charge in [0.1, 0.15) is 0 Å². The molecule has 0 radical (unpaired) electrons. The van der Waals surface area contributed by atoms with Gasteiger partial charge in [-0.1, -0.05) is 6.92 Å². The van der Waals surface area contributed by atoms with Gasteiger partial charge in [0.2, 0.25) is 0 Å². The average molecular weight is 144 g/mol. The van der Waals surface area contributed by atoms with Crippen LogP contribution >= 0.6 is 0 Å². The third-order valence-corrected chi connectivity index (χ3v) is 2.06. The van der Waals surface area contributed by atoms with E-state index in [1.165, 1.54) is 6.42 Å². The van der Waals surface area contributed by atoms with Crippen LogP contribution in [0, 0.1) is 5.92 Å². The summed E-state index contributed by atoms with van der Waals surface area (Å²) in [6, 6.07) is 0. The van der Waals surface area contributed by atoms with Crippen LogP contribution in [0.1, 0.15) is 33.1 Å². The summed E-state index contributed by atoms with van der Waals surface area (Å²) in [5.74, 6) is 0.611. The summed E-state index contributed by atoms with van der Waals surface area (Å²) in [6.07, 6.45) is 2.77. The molecular weight excluding hydrogens is 128 g/mol. The molecule has 0 aromatic carbocycles. The number of hydrogen-bond donors (Lipinski definition) is 1. The van der Waals surface area contributed by atoms with Crippen molar-refractivity contribution in [3.05, 3.63) is 0 Å². The lowest BCUT2D eigenvalue weighted by atomic mass is 10.0. The summed E-state index contributed by atoms with van der Waals surface area (Å²) in [7, 11) is 0. The van der Waals surface area contributed by atoms with Crippen molar-refractivity contribution in [1.82, 2.24) is 0 Å². The van der Waals surface area contributed by atoms with E-state index in [2.05, 4.69) is 6.92 Å². The Kier molecular flexibility index (Phi) is 2.69. The molecule has 60 valence electrons. The molecule has 0 aromatic rings. The van der Waals surface area contributed by atoms with Crippen molar-refractivity contribution < 1.29 is 9.84 Å². The maximum absolute atomic E-state index is 9.21. The number of aliphatic hydroxyl groups excluding tert-OH is 1. The van der Waals surface area contributed by atoms with Gasteiger partial charge in [-0.2, -0.15) is 0 Å². The molecule has 2 nitrogen and oxygen atoms in total. The van der Waals surface area contributed by atoms with Crippen molar-refractivity contribution in [3.8, 4) is 0 Å². The summed E-state index contributed by atoms with van der Waals surface area (Å²) in [5.41, 5.74) is 0. The Morgan fingerprint density at radius 2 is 2.00 bits per heavy atom. The van der Waals surface area contributed by atoms with Crippen LogP contribution in [0.15, 0.2) is 0 Å². The van der Waals surface area contributed by atoms with Gasteiger partial charge in [-0.25, -0.2) is 0 Å². The Balaban J connectivity index is 2.38. The highest BCUT2D eigenvalue weighted by Gasteiger charge is 2.18. The topological polar surface area (TPSA) is 29.5 Å². The number of ether oxygens (including phenoxy) is 1. The zero-order valence-electron chi connectivity index (χ0n) is 6.71. The minimum Gasteiger partial charge on any atom is -0.368 e. The first kappa shape index (κ1) is 8.02. The van der Waals surface area contributed by atoms with Crippen molar-refractivity contribution in [1.29, 1.82) is 0 Å². The molecule has 0 bridgehead atoms. The molecular formula is C8H16O2. The maximum atomic E-state index is 9.21. The van der Waals surface area contributed by atoms with Gasteiger partial charge in [0.05, 0.1) is 6.10 Å². The normalized spacial score (nSPS) is 42.9. The summed E-state index contributed by atoms with van der Waals surface area (Å²) in [4.78, 5) is 0. The van der Waals surface area contributed by atoms with E-state index in [-0.39, 0.29) is 6.10 Å². The van der Waals surface area contributed by atoms with Gasteiger partial charge in [-0.15, -0.1) is 0 Å². The van der Waals surface area contributed by atoms with Crippen LogP contribution in [0.2, 0.25) is 0 Å². The van der Waals surface area contributed by atoms with Gasteiger partial charge in [-0.05, 0) is 25.7 Å². The third-order valence-electron chi connectivity index (χ3n) is 2.06. The molecule has 0 unspecified atom stereocenters. The number of hydrogen-bond acceptors (Lipinski definition) is 2. The molecule has 1 aliphatic heterocycles. The zero-order valence-corrected chi connectivity index (χ0v) is 6.71. The Labute approximate surface area is 62.2 Å². The van der Waals surface area contributed by atoms with E-state index in [4.69, 9.17) is 4.74 Å². The molecule has 3 atom stereocenters. The Bertz CT molecular complexity index is 91.4. The molecule has 1 heterocycles. The smallest absolute Gasteiger partial charge is 0.155 e. The predicted octanol–water partition coefficient (Wildman–Crippen LogP) is 1.53. The molecule has 1 aliphatic rings. The van der Waals surface area contributed by atoms with Crippen LogP contribution in [0.3, 0.4) is 0 Å².